The number of hydrogen-bond acceptors (Lipinski definition) is 3. The molecule has 9 aromatic carbocycles. The zero-order valence-electron chi connectivity index (χ0n) is 28.7. The summed E-state index contributed by atoms with van der Waals surface area (Å²) in [6, 6.07) is 68.0. The van der Waals surface area contributed by atoms with Crippen molar-refractivity contribution in [1.29, 1.82) is 0 Å². The van der Waals surface area contributed by atoms with Gasteiger partial charge in [-0.15, -0.1) is 11.3 Å². The highest BCUT2D eigenvalue weighted by Gasteiger charge is 2.23. The summed E-state index contributed by atoms with van der Waals surface area (Å²) in [5.74, 6) is 0. The Morgan fingerprint density at radius 1 is 0.396 bits per heavy atom. The van der Waals surface area contributed by atoms with E-state index in [9.17, 15) is 0 Å². The highest BCUT2D eigenvalue weighted by Crippen LogP contribution is 2.49. The molecule has 0 spiro atoms. The van der Waals surface area contributed by atoms with Gasteiger partial charge in [-0.05, 0) is 92.3 Å². The zero-order chi connectivity index (χ0) is 34.9. The Balaban J connectivity index is 1.14. The van der Waals surface area contributed by atoms with E-state index in [1.807, 2.05) is 17.4 Å². The molecular weight excluding hydrogens is 663 g/mol. The largest absolute Gasteiger partial charge is 0.456 e. The fourth-order valence-electron chi connectivity index (χ4n) is 8.22. The molecule has 3 heteroatoms. The van der Waals surface area contributed by atoms with E-state index in [0.717, 1.165) is 39.0 Å². The molecule has 0 radical (unpaired) electrons. The fourth-order valence-corrected chi connectivity index (χ4v) is 9.46. The van der Waals surface area contributed by atoms with Gasteiger partial charge in [0, 0.05) is 26.5 Å². The van der Waals surface area contributed by atoms with Gasteiger partial charge in [-0.3, -0.25) is 0 Å². The fraction of sp³-hybridized carbons (Fsp3) is 0. The van der Waals surface area contributed by atoms with E-state index in [-0.39, 0.29) is 0 Å². The third kappa shape index (κ3) is 4.78. The molecule has 2 nitrogen and oxygen atoms in total. The SMILES string of the molecule is c1ccc(-c2cccc3cccc(-c4ccc(N(c5cccc6c5sc5cc7ccccc7cc56)c5cccc6oc7ccccc7c56)cc4)c23)cc1. The van der Waals surface area contributed by atoms with Crippen LogP contribution in [0, 0.1) is 0 Å². The van der Waals surface area contributed by atoms with Crippen molar-refractivity contribution in [3.05, 3.63) is 188 Å². The van der Waals surface area contributed by atoms with Gasteiger partial charge >= 0.3 is 0 Å². The van der Waals surface area contributed by atoms with Gasteiger partial charge in [0.1, 0.15) is 11.2 Å². The lowest BCUT2D eigenvalue weighted by Crippen LogP contribution is -2.10. The first-order chi connectivity index (χ1) is 26.3. The molecule has 0 amide bonds. The number of para-hydroxylation sites is 1. The summed E-state index contributed by atoms with van der Waals surface area (Å²) in [6.45, 7) is 0. The van der Waals surface area contributed by atoms with Gasteiger partial charge in [0.05, 0.1) is 21.5 Å². The summed E-state index contributed by atoms with van der Waals surface area (Å²) in [6.07, 6.45) is 0. The van der Waals surface area contributed by atoms with Gasteiger partial charge in [0.15, 0.2) is 0 Å². The molecule has 0 aliphatic carbocycles. The minimum atomic E-state index is 0.879. The maximum atomic E-state index is 6.44. The summed E-state index contributed by atoms with van der Waals surface area (Å²) >= 11 is 1.87. The van der Waals surface area contributed by atoms with Gasteiger partial charge in [-0.25, -0.2) is 0 Å². The lowest BCUT2D eigenvalue weighted by atomic mass is 9.91. The van der Waals surface area contributed by atoms with Crippen LogP contribution in [-0.4, -0.2) is 0 Å². The first-order valence-electron chi connectivity index (χ1n) is 18.0. The van der Waals surface area contributed by atoms with Gasteiger partial charge in [0.2, 0.25) is 0 Å². The number of benzene rings is 9. The summed E-state index contributed by atoms with van der Waals surface area (Å²) < 4.78 is 8.98. The maximum Gasteiger partial charge on any atom is 0.137 e. The summed E-state index contributed by atoms with van der Waals surface area (Å²) in [4.78, 5) is 2.43. The van der Waals surface area contributed by atoms with Crippen LogP contribution in [0.25, 0.3) is 85.9 Å². The van der Waals surface area contributed by atoms with Crippen molar-refractivity contribution >= 4 is 92.1 Å². The molecule has 11 aromatic rings. The van der Waals surface area contributed by atoms with Crippen LogP contribution in [0.15, 0.2) is 192 Å². The molecule has 0 aliphatic rings. The molecule has 2 aromatic heterocycles. The minimum Gasteiger partial charge on any atom is -0.456 e. The Bertz CT molecular complexity index is 3170. The molecule has 248 valence electrons. The normalized spacial score (nSPS) is 11.8. The molecule has 0 atom stereocenters. The molecule has 0 saturated carbocycles. The number of rotatable bonds is 5. The van der Waals surface area contributed by atoms with Crippen LogP contribution < -0.4 is 4.90 Å². The molecule has 0 bridgehead atoms. The predicted molar refractivity (Wildman–Crippen MR) is 227 cm³/mol. The van der Waals surface area contributed by atoms with Crippen LogP contribution in [0.5, 0.6) is 0 Å². The van der Waals surface area contributed by atoms with Crippen LogP contribution in [-0.2, 0) is 0 Å². The molecule has 0 saturated heterocycles. The lowest BCUT2D eigenvalue weighted by molar-refractivity contribution is 0.669. The summed E-state index contributed by atoms with van der Waals surface area (Å²) in [5.41, 5.74) is 9.96. The summed E-state index contributed by atoms with van der Waals surface area (Å²) in [7, 11) is 0. The van der Waals surface area contributed by atoms with Crippen molar-refractivity contribution in [2.45, 2.75) is 0 Å². The van der Waals surface area contributed by atoms with Gasteiger partial charge in [0.25, 0.3) is 0 Å². The predicted octanol–water partition coefficient (Wildman–Crippen LogP) is 15.1. The highest BCUT2D eigenvalue weighted by atomic mass is 32.1. The van der Waals surface area contributed by atoms with E-state index in [4.69, 9.17) is 4.42 Å². The van der Waals surface area contributed by atoms with Crippen molar-refractivity contribution in [2.24, 2.45) is 0 Å². The van der Waals surface area contributed by atoms with Gasteiger partial charge in [-0.2, -0.15) is 0 Å². The number of nitrogens with zero attached hydrogens (tertiary/aromatic N) is 1. The third-order valence-corrected chi connectivity index (χ3v) is 11.8. The Hall–Kier alpha value is -6.68. The second kappa shape index (κ2) is 11.9. The van der Waals surface area contributed by atoms with Gasteiger partial charge < -0.3 is 9.32 Å². The van der Waals surface area contributed by atoms with Crippen LogP contribution >= 0.6 is 11.3 Å². The summed E-state index contributed by atoms with van der Waals surface area (Å²) in [5, 5.41) is 9.80. The zero-order valence-corrected chi connectivity index (χ0v) is 29.5. The van der Waals surface area contributed by atoms with Crippen LogP contribution in [0.1, 0.15) is 0 Å². The average Bonchev–Trinajstić information content (AvgIpc) is 3.79. The Morgan fingerprint density at radius 3 is 1.81 bits per heavy atom. The molecule has 0 fully saturated rings. The molecule has 0 aliphatic heterocycles. The number of furan rings is 1. The van der Waals surface area contributed by atoms with E-state index < -0.39 is 0 Å². The quantitative estimate of drug-likeness (QED) is 0.178. The maximum absolute atomic E-state index is 6.44. The number of fused-ring (bicyclic) bond motifs is 8. The van der Waals surface area contributed by atoms with Crippen LogP contribution in [0.3, 0.4) is 0 Å². The van der Waals surface area contributed by atoms with E-state index in [0.29, 0.717) is 0 Å². The number of thiophene rings is 1. The molecule has 0 unspecified atom stereocenters. The van der Waals surface area contributed by atoms with E-state index >= 15 is 0 Å². The number of hydrogen-bond donors (Lipinski definition) is 0. The number of anilines is 3. The first-order valence-corrected chi connectivity index (χ1v) is 18.8. The second-order valence-electron chi connectivity index (χ2n) is 13.7. The topological polar surface area (TPSA) is 16.4 Å². The van der Waals surface area contributed by atoms with Crippen LogP contribution in [0.4, 0.5) is 17.1 Å². The highest BCUT2D eigenvalue weighted by molar-refractivity contribution is 7.26. The molecule has 53 heavy (non-hydrogen) atoms. The minimum absolute atomic E-state index is 0.879. The van der Waals surface area contributed by atoms with E-state index in [1.165, 1.54) is 64.0 Å². The van der Waals surface area contributed by atoms with E-state index in [1.54, 1.807) is 0 Å². The van der Waals surface area contributed by atoms with Crippen molar-refractivity contribution in [3.8, 4) is 22.3 Å². The van der Waals surface area contributed by atoms with Crippen molar-refractivity contribution < 1.29 is 4.42 Å². The standard InChI is InChI=1S/C50H31NOS/c1-2-12-32(13-3-1)38-19-8-16-34-17-9-20-39(48(34)38)33-26-28-37(29-27-33)51(43-22-11-25-46-49(43)41-18-6-7-24-45(41)52-46)44-23-10-21-40-42-30-35-14-4-5-15-36(35)31-47(42)53-50(40)44/h1-31H. The monoisotopic (exact) mass is 693 g/mol. The first kappa shape index (κ1) is 30.0. The lowest BCUT2D eigenvalue weighted by Gasteiger charge is -2.27. The molecule has 0 N–H and O–H groups in total. The average molecular weight is 694 g/mol. The smallest absolute Gasteiger partial charge is 0.137 e. The van der Waals surface area contributed by atoms with Crippen molar-refractivity contribution in [1.82, 2.24) is 0 Å². The third-order valence-electron chi connectivity index (χ3n) is 10.6. The van der Waals surface area contributed by atoms with Crippen LogP contribution in [0.2, 0.25) is 0 Å². The molecule has 11 rings (SSSR count). The van der Waals surface area contributed by atoms with Crippen molar-refractivity contribution in [3.63, 3.8) is 0 Å². The van der Waals surface area contributed by atoms with Crippen molar-refractivity contribution in [2.75, 3.05) is 4.90 Å². The van der Waals surface area contributed by atoms with E-state index in [2.05, 4.69) is 187 Å². The molecule has 2 heterocycles. The second-order valence-corrected chi connectivity index (χ2v) is 14.7. The Labute approximate surface area is 310 Å². The Kier molecular flexibility index (Phi) is 6.76. The molecular formula is C50H31NOS. The van der Waals surface area contributed by atoms with Gasteiger partial charge in [-0.1, -0.05) is 140 Å². The Morgan fingerprint density at radius 2 is 1.00 bits per heavy atom.